The van der Waals surface area contributed by atoms with E-state index in [2.05, 4.69) is 49.6 Å². The highest BCUT2D eigenvalue weighted by molar-refractivity contribution is 5.86. The Bertz CT molecular complexity index is 517. The quantitative estimate of drug-likeness (QED) is 0.296. The molecule has 2 aliphatic heterocycles. The van der Waals surface area contributed by atoms with E-state index in [9.17, 15) is 4.79 Å². The summed E-state index contributed by atoms with van der Waals surface area (Å²) < 4.78 is 0. The first-order valence-corrected chi connectivity index (χ1v) is 9.07. The van der Waals surface area contributed by atoms with Crippen molar-refractivity contribution in [1.82, 2.24) is 20.9 Å². The van der Waals surface area contributed by atoms with E-state index >= 15 is 0 Å². The summed E-state index contributed by atoms with van der Waals surface area (Å²) in [6.07, 6.45) is 2.18. The van der Waals surface area contributed by atoms with Crippen molar-refractivity contribution in [3.05, 3.63) is 11.9 Å². The Labute approximate surface area is 158 Å². The van der Waals surface area contributed by atoms with E-state index in [1.807, 2.05) is 25.1 Å². The highest BCUT2D eigenvalue weighted by Gasteiger charge is 2.41. The summed E-state index contributed by atoms with van der Waals surface area (Å²) in [5.41, 5.74) is 6.85. The van der Waals surface area contributed by atoms with Gasteiger partial charge in [0.15, 0.2) is 5.78 Å². The lowest BCUT2D eigenvalue weighted by molar-refractivity contribution is -0.532. The first kappa shape index (κ1) is 22.0. The summed E-state index contributed by atoms with van der Waals surface area (Å²) in [5.74, 6) is 0.258. The Morgan fingerprint density at radius 1 is 1.30 bits per heavy atom. The van der Waals surface area contributed by atoms with Gasteiger partial charge in [-0.05, 0) is 20.3 Å². The van der Waals surface area contributed by atoms with E-state index in [0.717, 1.165) is 18.7 Å². The highest BCUT2D eigenvalue weighted by Crippen LogP contribution is 2.27. The van der Waals surface area contributed by atoms with E-state index in [1.165, 1.54) is 0 Å². The molecule has 0 saturated carbocycles. The molecule has 0 amide bonds. The van der Waals surface area contributed by atoms with Crippen LogP contribution in [0, 0.1) is 5.92 Å². The van der Waals surface area contributed by atoms with E-state index in [-0.39, 0.29) is 36.4 Å². The molecule has 11 heteroatoms. The zero-order chi connectivity index (χ0) is 20.0. The van der Waals surface area contributed by atoms with Gasteiger partial charge in [-0.15, -0.1) is 5.53 Å². The molecule has 2 unspecified atom stereocenters. The monoisotopic (exact) mass is 390 g/mol. The molecule has 0 aliphatic carbocycles. The van der Waals surface area contributed by atoms with Crippen LogP contribution < -0.4 is 11.0 Å². The minimum absolute atomic E-state index is 0.00380. The van der Waals surface area contributed by atoms with Gasteiger partial charge in [-0.2, -0.15) is 0 Å². The summed E-state index contributed by atoms with van der Waals surface area (Å²) in [5, 5.41) is 25.9. The van der Waals surface area contributed by atoms with Gasteiger partial charge in [-0.1, -0.05) is 23.9 Å². The maximum atomic E-state index is 12.6. The average Bonchev–Trinajstić information content (AvgIpc) is 3.25. The van der Waals surface area contributed by atoms with Crippen LogP contribution >= 0.6 is 0 Å². The van der Waals surface area contributed by atoms with E-state index < -0.39 is 6.10 Å². The molecule has 0 aromatic heterocycles. The Morgan fingerprint density at radius 2 is 2.04 bits per heavy atom. The maximum Gasteiger partial charge on any atom is 0.152 e. The van der Waals surface area contributed by atoms with Gasteiger partial charge in [0.2, 0.25) is 0 Å². The van der Waals surface area contributed by atoms with Crippen LogP contribution in [0.2, 0.25) is 0 Å². The molecule has 0 aromatic carbocycles. The minimum atomic E-state index is -0.714. The molecular weight excluding hydrogens is 360 g/mol. The number of nitrogens with one attached hydrogen (secondary N) is 2. The van der Waals surface area contributed by atoms with Crippen LogP contribution in [0.3, 0.4) is 0 Å². The van der Waals surface area contributed by atoms with Crippen LogP contribution in [-0.2, 0) is 24.6 Å². The lowest BCUT2D eigenvalue weighted by Gasteiger charge is -2.28. The third kappa shape index (κ3) is 5.83. The SMILES string of the molecule is CC(C)C(=O)[C@@H]1CC(N2C=C(CC(COOO)OOO)NN2)CN1C(C)C. The lowest BCUT2D eigenvalue weighted by Crippen LogP contribution is -2.45. The molecule has 156 valence electrons. The fourth-order valence-electron chi connectivity index (χ4n) is 3.48. The van der Waals surface area contributed by atoms with Crippen LogP contribution in [0.4, 0.5) is 0 Å². The lowest BCUT2D eigenvalue weighted by atomic mass is 9.98. The topological polar surface area (TPSA) is 125 Å². The van der Waals surface area contributed by atoms with Crippen molar-refractivity contribution in [2.24, 2.45) is 5.92 Å². The summed E-state index contributed by atoms with van der Waals surface area (Å²) in [6, 6.07) is 0.302. The fraction of sp³-hybridized carbons (Fsp3) is 0.812. The molecular formula is C16H30N4O7. The second-order valence-electron chi connectivity index (χ2n) is 7.41. The number of carbonyl (C=O) groups excluding carboxylic acids is 1. The Kier molecular flexibility index (Phi) is 8.38. The summed E-state index contributed by atoms with van der Waals surface area (Å²) in [4.78, 5) is 23.9. The molecule has 27 heavy (non-hydrogen) atoms. The van der Waals surface area contributed by atoms with Gasteiger partial charge in [-0.25, -0.2) is 20.3 Å². The Hall–Kier alpha value is -1.31. The van der Waals surface area contributed by atoms with Gasteiger partial charge >= 0.3 is 0 Å². The molecule has 3 atom stereocenters. The van der Waals surface area contributed by atoms with Gasteiger partial charge in [0.25, 0.3) is 0 Å². The molecule has 0 aromatic rings. The Morgan fingerprint density at radius 3 is 2.63 bits per heavy atom. The van der Waals surface area contributed by atoms with E-state index in [4.69, 9.17) is 10.5 Å². The van der Waals surface area contributed by atoms with Crippen LogP contribution in [-0.4, -0.2) is 63.6 Å². The summed E-state index contributed by atoms with van der Waals surface area (Å²) in [6.45, 7) is 8.67. The first-order valence-electron chi connectivity index (χ1n) is 9.07. The minimum Gasteiger partial charge on any atom is -0.306 e. The van der Waals surface area contributed by atoms with Crippen LogP contribution in [0.15, 0.2) is 11.9 Å². The van der Waals surface area contributed by atoms with Crippen LogP contribution in [0.1, 0.15) is 40.5 Å². The number of ketones is 1. The summed E-state index contributed by atoms with van der Waals surface area (Å²) in [7, 11) is 0. The number of carbonyl (C=O) groups is 1. The molecule has 0 spiro atoms. The third-order valence-electron chi connectivity index (χ3n) is 4.85. The third-order valence-corrected chi connectivity index (χ3v) is 4.85. The van der Waals surface area contributed by atoms with Crippen LogP contribution in [0.5, 0.6) is 0 Å². The largest absolute Gasteiger partial charge is 0.306 e. The van der Waals surface area contributed by atoms with Crippen molar-refractivity contribution in [1.29, 1.82) is 0 Å². The second-order valence-corrected chi connectivity index (χ2v) is 7.41. The number of Topliss-reactive ketones (excluding diaryl/α,β-unsaturated/α-hetero) is 1. The number of hydrogen-bond donors (Lipinski definition) is 4. The molecule has 2 heterocycles. The van der Waals surface area contributed by atoms with Crippen molar-refractivity contribution < 1.29 is 35.2 Å². The second kappa shape index (κ2) is 10.3. The highest BCUT2D eigenvalue weighted by atomic mass is 17.5. The predicted molar refractivity (Wildman–Crippen MR) is 92.9 cm³/mol. The standard InChI is InChI=1S/C16H30N4O7/c1-10(2)16(21)15-6-13(8-19(15)11(3)4)20-7-12(17-18-20)5-14(25-27-23)9-24-26-22/h7,10-11,13-15,17-18,22-23H,5-6,8-9H2,1-4H3/t13?,14?,15-/m0/s1. The van der Waals surface area contributed by atoms with Crippen molar-refractivity contribution in [3.8, 4) is 0 Å². The Balaban J connectivity index is 1.99. The van der Waals surface area contributed by atoms with Crippen molar-refractivity contribution in [3.63, 3.8) is 0 Å². The van der Waals surface area contributed by atoms with Gasteiger partial charge in [0.1, 0.15) is 12.7 Å². The molecule has 1 saturated heterocycles. The smallest absolute Gasteiger partial charge is 0.152 e. The zero-order valence-corrected chi connectivity index (χ0v) is 16.1. The number of likely N-dealkylation sites (tertiary alicyclic amines) is 1. The molecule has 11 nitrogen and oxygen atoms in total. The predicted octanol–water partition coefficient (Wildman–Crippen LogP) is 0.830. The van der Waals surface area contributed by atoms with Crippen molar-refractivity contribution in [2.75, 3.05) is 13.2 Å². The number of nitrogens with zero attached hydrogens (tertiary/aromatic N) is 2. The number of hydrazine groups is 2. The molecule has 0 bridgehead atoms. The molecule has 2 rings (SSSR count). The first-order chi connectivity index (χ1) is 12.9. The maximum absolute atomic E-state index is 12.6. The average molecular weight is 390 g/mol. The van der Waals surface area contributed by atoms with Crippen molar-refractivity contribution in [2.45, 2.75) is 64.8 Å². The zero-order valence-electron chi connectivity index (χ0n) is 16.1. The molecule has 0 radical (unpaired) electrons. The van der Waals surface area contributed by atoms with E-state index in [1.54, 1.807) is 0 Å². The van der Waals surface area contributed by atoms with E-state index in [0.29, 0.717) is 6.42 Å². The van der Waals surface area contributed by atoms with Gasteiger partial charge in [-0.3, -0.25) is 14.7 Å². The molecule has 2 aliphatic rings. The number of rotatable bonds is 11. The van der Waals surface area contributed by atoms with Crippen LogP contribution in [0.25, 0.3) is 0 Å². The molecule has 4 N–H and O–H groups in total. The van der Waals surface area contributed by atoms with Gasteiger partial charge in [0.05, 0.1) is 12.1 Å². The fourth-order valence-corrected chi connectivity index (χ4v) is 3.48. The number of hydrogen-bond acceptors (Lipinski definition) is 11. The van der Waals surface area contributed by atoms with Gasteiger partial charge in [0, 0.05) is 36.8 Å². The normalized spacial score (nSPS) is 24.6. The van der Waals surface area contributed by atoms with Crippen molar-refractivity contribution >= 4 is 5.78 Å². The molecule has 1 fully saturated rings. The summed E-state index contributed by atoms with van der Waals surface area (Å²) >= 11 is 0. The van der Waals surface area contributed by atoms with Gasteiger partial charge < -0.3 is 5.43 Å².